The highest BCUT2D eigenvalue weighted by Gasteiger charge is 2.35. The molecule has 1 fully saturated rings. The quantitative estimate of drug-likeness (QED) is 0.852. The number of rotatable bonds is 2. The highest BCUT2D eigenvalue weighted by molar-refractivity contribution is 5.81. The van der Waals surface area contributed by atoms with Gasteiger partial charge in [0, 0.05) is 23.7 Å². The largest absolute Gasteiger partial charge is 0.358 e. The van der Waals surface area contributed by atoms with Gasteiger partial charge >= 0.3 is 0 Å². The Morgan fingerprint density at radius 1 is 1.28 bits per heavy atom. The summed E-state index contributed by atoms with van der Waals surface area (Å²) in [6.07, 6.45) is 9.99. The zero-order chi connectivity index (χ0) is 12.6. The molecule has 4 nitrogen and oxygen atoms in total. The summed E-state index contributed by atoms with van der Waals surface area (Å²) in [6.45, 7) is 2.73. The lowest BCUT2D eigenvalue weighted by Gasteiger charge is -2.35. The lowest BCUT2D eigenvalue weighted by atomic mass is 9.70. The third-order valence-electron chi connectivity index (χ3n) is 4.43. The van der Waals surface area contributed by atoms with E-state index in [0.717, 1.165) is 16.7 Å². The van der Waals surface area contributed by atoms with Crippen LogP contribution in [0.1, 0.15) is 43.4 Å². The Hall–Kier alpha value is -1.42. The fourth-order valence-electron chi connectivity index (χ4n) is 3.28. The third kappa shape index (κ3) is 1.63. The summed E-state index contributed by atoms with van der Waals surface area (Å²) < 4.78 is 0. The molecule has 4 heteroatoms. The molecular weight excluding hydrogens is 224 g/mol. The minimum Gasteiger partial charge on any atom is -0.358 e. The minimum absolute atomic E-state index is 0.122. The van der Waals surface area contributed by atoms with Crippen molar-refractivity contribution in [1.29, 1.82) is 0 Å². The molecule has 1 aliphatic rings. The molecule has 3 rings (SSSR count). The van der Waals surface area contributed by atoms with Crippen LogP contribution < -0.4 is 5.73 Å². The first-order chi connectivity index (χ1) is 8.77. The van der Waals surface area contributed by atoms with E-state index in [-0.39, 0.29) is 5.41 Å². The van der Waals surface area contributed by atoms with Gasteiger partial charge in [-0.15, -0.1) is 0 Å². The number of aromatic amines is 1. The SMILES string of the molecule is Cc1ncnc2c(C3(CN)CCCCC3)c[nH]c12. The third-order valence-corrected chi connectivity index (χ3v) is 4.43. The molecule has 0 spiro atoms. The molecule has 1 saturated carbocycles. The van der Waals surface area contributed by atoms with Crippen LogP contribution in [0.15, 0.2) is 12.5 Å². The summed E-state index contributed by atoms with van der Waals surface area (Å²) in [6, 6.07) is 0. The van der Waals surface area contributed by atoms with Crippen LogP contribution in [0.3, 0.4) is 0 Å². The zero-order valence-corrected chi connectivity index (χ0v) is 10.9. The molecule has 0 amide bonds. The van der Waals surface area contributed by atoms with Crippen molar-refractivity contribution < 1.29 is 0 Å². The van der Waals surface area contributed by atoms with Crippen LogP contribution >= 0.6 is 0 Å². The van der Waals surface area contributed by atoms with Gasteiger partial charge in [0.15, 0.2) is 0 Å². The molecule has 1 aliphatic carbocycles. The normalized spacial score (nSPS) is 19.2. The average molecular weight is 244 g/mol. The fourth-order valence-corrected chi connectivity index (χ4v) is 3.28. The number of fused-ring (bicyclic) bond motifs is 1. The summed E-state index contributed by atoms with van der Waals surface area (Å²) in [5.41, 5.74) is 10.7. The van der Waals surface area contributed by atoms with E-state index in [4.69, 9.17) is 5.73 Å². The van der Waals surface area contributed by atoms with Gasteiger partial charge in [-0.1, -0.05) is 19.3 Å². The van der Waals surface area contributed by atoms with Gasteiger partial charge in [0.05, 0.1) is 16.7 Å². The lowest BCUT2D eigenvalue weighted by molar-refractivity contribution is 0.302. The van der Waals surface area contributed by atoms with Crippen molar-refractivity contribution in [2.24, 2.45) is 5.73 Å². The number of nitrogens with zero attached hydrogens (tertiary/aromatic N) is 2. The molecule has 0 aromatic carbocycles. The molecule has 0 bridgehead atoms. The maximum atomic E-state index is 6.10. The highest BCUT2D eigenvalue weighted by atomic mass is 14.9. The van der Waals surface area contributed by atoms with E-state index in [1.54, 1.807) is 6.33 Å². The van der Waals surface area contributed by atoms with E-state index in [9.17, 15) is 0 Å². The topological polar surface area (TPSA) is 67.6 Å². The minimum atomic E-state index is 0.122. The van der Waals surface area contributed by atoms with Crippen molar-refractivity contribution in [3.05, 3.63) is 23.8 Å². The van der Waals surface area contributed by atoms with E-state index < -0.39 is 0 Å². The first kappa shape index (κ1) is 11.7. The monoisotopic (exact) mass is 244 g/mol. The summed E-state index contributed by atoms with van der Waals surface area (Å²) >= 11 is 0. The summed E-state index contributed by atoms with van der Waals surface area (Å²) in [5, 5.41) is 0. The Bertz CT molecular complexity index is 552. The maximum Gasteiger partial charge on any atom is 0.116 e. The van der Waals surface area contributed by atoms with Gasteiger partial charge in [0.2, 0.25) is 0 Å². The van der Waals surface area contributed by atoms with E-state index >= 15 is 0 Å². The molecule has 96 valence electrons. The smallest absolute Gasteiger partial charge is 0.116 e. The Morgan fingerprint density at radius 2 is 2.06 bits per heavy atom. The Balaban J connectivity index is 2.15. The molecule has 18 heavy (non-hydrogen) atoms. The molecule has 0 aliphatic heterocycles. The van der Waals surface area contributed by atoms with Gasteiger partial charge in [-0.05, 0) is 19.8 Å². The number of H-pyrrole nitrogens is 1. The van der Waals surface area contributed by atoms with Crippen LogP contribution in [0.25, 0.3) is 11.0 Å². The molecule has 0 atom stereocenters. The van der Waals surface area contributed by atoms with E-state index in [1.165, 1.54) is 37.7 Å². The standard InChI is InChI=1S/C14H20N4/c1-10-12-13(18-9-17-10)11(7-16-12)14(8-15)5-3-2-4-6-14/h7,9,16H,2-6,8,15H2,1H3. The lowest BCUT2D eigenvalue weighted by Crippen LogP contribution is -2.37. The second kappa shape index (κ2) is 4.35. The molecule has 2 aromatic heterocycles. The molecular formula is C14H20N4. The van der Waals surface area contributed by atoms with Crippen LogP contribution in [-0.4, -0.2) is 21.5 Å². The molecule has 2 aromatic rings. The van der Waals surface area contributed by atoms with Crippen LogP contribution in [0.5, 0.6) is 0 Å². The summed E-state index contributed by atoms with van der Waals surface area (Å²) in [5.74, 6) is 0. The van der Waals surface area contributed by atoms with Gasteiger partial charge in [0.1, 0.15) is 6.33 Å². The van der Waals surface area contributed by atoms with Crippen LogP contribution in [-0.2, 0) is 5.41 Å². The highest BCUT2D eigenvalue weighted by Crippen LogP contribution is 2.41. The Kier molecular flexibility index (Phi) is 2.82. The predicted molar refractivity (Wildman–Crippen MR) is 72.4 cm³/mol. The van der Waals surface area contributed by atoms with E-state index in [0.29, 0.717) is 6.54 Å². The zero-order valence-electron chi connectivity index (χ0n) is 10.9. The predicted octanol–water partition coefficient (Wildman–Crippen LogP) is 2.43. The number of nitrogens with one attached hydrogen (secondary N) is 1. The first-order valence-electron chi connectivity index (χ1n) is 6.76. The number of hydrogen-bond acceptors (Lipinski definition) is 3. The average Bonchev–Trinajstić information content (AvgIpc) is 2.85. The van der Waals surface area contributed by atoms with Crippen molar-refractivity contribution in [1.82, 2.24) is 15.0 Å². The fraction of sp³-hybridized carbons (Fsp3) is 0.571. The summed E-state index contributed by atoms with van der Waals surface area (Å²) in [7, 11) is 0. The Labute approximate surface area is 107 Å². The van der Waals surface area contributed by atoms with Crippen molar-refractivity contribution in [2.75, 3.05) is 6.54 Å². The second-order valence-corrected chi connectivity index (χ2v) is 5.43. The number of aryl methyl sites for hydroxylation is 1. The van der Waals surface area contributed by atoms with Gasteiger partial charge < -0.3 is 10.7 Å². The van der Waals surface area contributed by atoms with Crippen molar-refractivity contribution in [3.8, 4) is 0 Å². The van der Waals surface area contributed by atoms with Gasteiger partial charge in [-0.25, -0.2) is 9.97 Å². The summed E-state index contributed by atoms with van der Waals surface area (Å²) in [4.78, 5) is 12.0. The van der Waals surface area contributed by atoms with Gasteiger partial charge in [0.25, 0.3) is 0 Å². The first-order valence-corrected chi connectivity index (χ1v) is 6.76. The van der Waals surface area contributed by atoms with Gasteiger partial charge in [-0.3, -0.25) is 0 Å². The van der Waals surface area contributed by atoms with E-state index in [1.807, 2.05) is 6.92 Å². The molecule has 0 saturated heterocycles. The van der Waals surface area contributed by atoms with E-state index in [2.05, 4.69) is 21.1 Å². The van der Waals surface area contributed by atoms with Crippen LogP contribution in [0.4, 0.5) is 0 Å². The van der Waals surface area contributed by atoms with Crippen LogP contribution in [0, 0.1) is 6.92 Å². The van der Waals surface area contributed by atoms with Gasteiger partial charge in [-0.2, -0.15) is 0 Å². The number of hydrogen-bond donors (Lipinski definition) is 2. The Morgan fingerprint density at radius 3 is 2.78 bits per heavy atom. The number of aromatic nitrogens is 3. The van der Waals surface area contributed by atoms with Crippen molar-refractivity contribution in [3.63, 3.8) is 0 Å². The second-order valence-electron chi connectivity index (χ2n) is 5.43. The molecule has 0 unspecified atom stereocenters. The molecule has 3 N–H and O–H groups in total. The van der Waals surface area contributed by atoms with Crippen molar-refractivity contribution in [2.45, 2.75) is 44.4 Å². The van der Waals surface area contributed by atoms with Crippen LogP contribution in [0.2, 0.25) is 0 Å². The molecule has 2 heterocycles. The molecule has 0 radical (unpaired) electrons. The maximum absolute atomic E-state index is 6.10. The number of nitrogens with two attached hydrogens (primary N) is 1. The van der Waals surface area contributed by atoms with Crippen molar-refractivity contribution >= 4 is 11.0 Å².